The van der Waals surface area contributed by atoms with Crippen molar-refractivity contribution in [2.24, 2.45) is 5.73 Å². The summed E-state index contributed by atoms with van der Waals surface area (Å²) >= 11 is 3.48. The molecule has 6 heterocycles. The van der Waals surface area contributed by atoms with Crippen LogP contribution in [0.3, 0.4) is 0 Å². The number of aryl methyl sites for hydroxylation is 1. The second-order valence-corrected chi connectivity index (χ2v) is 13.1. The first-order chi connectivity index (χ1) is 24.4. The average molecular weight is 724 g/mol. The van der Waals surface area contributed by atoms with Crippen molar-refractivity contribution in [1.82, 2.24) is 35.2 Å². The monoisotopic (exact) mass is 722 g/mol. The Morgan fingerprint density at radius 1 is 0.720 bits per heavy atom. The van der Waals surface area contributed by atoms with E-state index in [1.807, 2.05) is 85.9 Å². The van der Waals surface area contributed by atoms with Gasteiger partial charge in [-0.25, -0.2) is 15.0 Å². The third-order valence-electron chi connectivity index (χ3n) is 8.96. The van der Waals surface area contributed by atoms with E-state index in [2.05, 4.69) is 54.2 Å². The Bertz CT molecular complexity index is 2480. The summed E-state index contributed by atoms with van der Waals surface area (Å²) in [7, 11) is 0. The van der Waals surface area contributed by atoms with Crippen molar-refractivity contribution in [2.45, 2.75) is 38.6 Å². The van der Waals surface area contributed by atoms with Crippen molar-refractivity contribution >= 4 is 37.9 Å². The van der Waals surface area contributed by atoms with Crippen molar-refractivity contribution in [1.29, 1.82) is 0 Å². The van der Waals surface area contributed by atoms with E-state index in [1.165, 1.54) is 0 Å². The summed E-state index contributed by atoms with van der Waals surface area (Å²) in [4.78, 5) is 23.3. The van der Waals surface area contributed by atoms with Gasteiger partial charge in [-0.3, -0.25) is 9.97 Å². The van der Waals surface area contributed by atoms with Crippen LogP contribution in [0.4, 0.5) is 0 Å². The van der Waals surface area contributed by atoms with Gasteiger partial charge in [0.1, 0.15) is 21.8 Å². The molecule has 2 N–H and O–H groups in total. The molecule has 0 fully saturated rings. The Morgan fingerprint density at radius 2 is 1.48 bits per heavy atom. The van der Waals surface area contributed by atoms with Gasteiger partial charge in [-0.2, -0.15) is 0 Å². The van der Waals surface area contributed by atoms with Crippen LogP contribution in [-0.2, 0) is 12.8 Å². The molecule has 2 aromatic carbocycles. The van der Waals surface area contributed by atoms with E-state index in [-0.39, 0.29) is 5.92 Å². The Balaban J connectivity index is 1.21. The van der Waals surface area contributed by atoms with Crippen LogP contribution >= 0.6 is 15.9 Å². The van der Waals surface area contributed by atoms with Crippen molar-refractivity contribution in [2.75, 3.05) is 0 Å². The number of fused-ring (bicyclic) bond motifs is 2. The first-order valence-electron chi connectivity index (χ1n) is 16.3. The van der Waals surface area contributed by atoms with Crippen LogP contribution < -0.4 is 5.73 Å². The standard InChI is InChI=1S/C39H31BrN8O2/c1-22-13-14-33(40)46-31(22)20-30(41)38-27(11-6-15-44-38)37-28-10-5-9-25(39(28)50-48-37)24-19-29(36-26-8-3-4-12-32(26)49-47-36)35(45-21-24)23(2)18-34-42-16-7-17-43-34/h3-17,19,21,23,30H,18,20,41H2,1-2H3/t23-,30-/m0/s1. The maximum Gasteiger partial charge on any atom is 0.175 e. The fourth-order valence-electron chi connectivity index (χ4n) is 6.44. The van der Waals surface area contributed by atoms with Gasteiger partial charge in [0.2, 0.25) is 0 Å². The molecule has 11 heteroatoms. The fourth-order valence-corrected chi connectivity index (χ4v) is 6.79. The molecule has 0 spiro atoms. The molecule has 8 rings (SSSR count). The van der Waals surface area contributed by atoms with Gasteiger partial charge in [-0.15, -0.1) is 0 Å². The lowest BCUT2D eigenvalue weighted by Crippen LogP contribution is -2.17. The molecular formula is C39H31BrN8O2. The van der Waals surface area contributed by atoms with Crippen molar-refractivity contribution in [3.8, 4) is 33.6 Å². The Kier molecular flexibility index (Phi) is 8.43. The molecule has 0 aliphatic rings. The summed E-state index contributed by atoms with van der Waals surface area (Å²) in [6, 6.07) is 25.2. The zero-order valence-electron chi connectivity index (χ0n) is 27.3. The molecule has 2 atom stereocenters. The van der Waals surface area contributed by atoms with Crippen LogP contribution in [0, 0.1) is 6.92 Å². The molecule has 50 heavy (non-hydrogen) atoms. The van der Waals surface area contributed by atoms with Gasteiger partial charge in [0.25, 0.3) is 0 Å². The van der Waals surface area contributed by atoms with Crippen LogP contribution in [0.25, 0.3) is 55.6 Å². The number of pyridine rings is 3. The highest BCUT2D eigenvalue weighted by Crippen LogP contribution is 2.40. The van der Waals surface area contributed by atoms with E-state index in [0.29, 0.717) is 29.7 Å². The first kappa shape index (κ1) is 31.6. The van der Waals surface area contributed by atoms with Crippen LogP contribution in [0.15, 0.2) is 117 Å². The predicted octanol–water partition coefficient (Wildman–Crippen LogP) is 8.60. The summed E-state index contributed by atoms with van der Waals surface area (Å²) in [5, 5.41) is 10.8. The first-order valence-corrected chi connectivity index (χ1v) is 17.1. The number of nitrogens with zero attached hydrogens (tertiary/aromatic N) is 7. The minimum absolute atomic E-state index is 0.00576. The maximum atomic E-state index is 6.80. The summed E-state index contributed by atoms with van der Waals surface area (Å²) in [5.74, 6) is 0.743. The van der Waals surface area contributed by atoms with Crippen molar-refractivity contribution < 1.29 is 9.05 Å². The Labute approximate surface area is 296 Å². The predicted molar refractivity (Wildman–Crippen MR) is 195 cm³/mol. The molecule has 0 aliphatic heterocycles. The van der Waals surface area contributed by atoms with Crippen molar-refractivity contribution in [3.05, 3.63) is 137 Å². The lowest BCUT2D eigenvalue weighted by Gasteiger charge is -2.16. The second kappa shape index (κ2) is 13.3. The van der Waals surface area contributed by atoms with E-state index in [0.717, 1.165) is 71.8 Å². The van der Waals surface area contributed by atoms with Gasteiger partial charge < -0.3 is 14.8 Å². The van der Waals surface area contributed by atoms with E-state index < -0.39 is 6.04 Å². The Hall–Kier alpha value is -5.65. The highest BCUT2D eigenvalue weighted by atomic mass is 79.9. The topological polar surface area (TPSA) is 143 Å². The van der Waals surface area contributed by atoms with Crippen LogP contribution in [-0.4, -0.2) is 35.2 Å². The molecule has 6 aromatic heterocycles. The minimum atomic E-state index is -0.415. The minimum Gasteiger partial charge on any atom is -0.356 e. The molecule has 0 bridgehead atoms. The van der Waals surface area contributed by atoms with Crippen LogP contribution in [0.5, 0.6) is 0 Å². The molecule has 10 nitrogen and oxygen atoms in total. The normalized spacial score (nSPS) is 12.8. The molecular weight excluding hydrogens is 692 g/mol. The van der Waals surface area contributed by atoms with Crippen molar-refractivity contribution in [3.63, 3.8) is 0 Å². The lowest BCUT2D eigenvalue weighted by molar-refractivity contribution is 0.459. The summed E-state index contributed by atoms with van der Waals surface area (Å²) < 4.78 is 12.6. The second-order valence-electron chi connectivity index (χ2n) is 12.3. The number of rotatable bonds is 9. The van der Waals surface area contributed by atoms with Gasteiger partial charge in [-0.1, -0.05) is 47.6 Å². The van der Waals surface area contributed by atoms with Gasteiger partial charge in [0, 0.05) is 76.9 Å². The largest absolute Gasteiger partial charge is 0.356 e. The number of hydrogen-bond donors (Lipinski definition) is 1. The molecule has 8 aromatic rings. The average Bonchev–Trinajstić information content (AvgIpc) is 3.78. The highest BCUT2D eigenvalue weighted by Gasteiger charge is 2.24. The smallest absolute Gasteiger partial charge is 0.175 e. The summed E-state index contributed by atoms with van der Waals surface area (Å²) in [6.45, 7) is 4.15. The quantitative estimate of drug-likeness (QED) is 0.144. The van der Waals surface area contributed by atoms with E-state index in [1.54, 1.807) is 18.6 Å². The third kappa shape index (κ3) is 5.95. The Morgan fingerprint density at radius 3 is 2.36 bits per heavy atom. The molecule has 0 saturated heterocycles. The van der Waals surface area contributed by atoms with E-state index in [4.69, 9.17) is 24.7 Å². The van der Waals surface area contributed by atoms with Gasteiger partial charge in [0.15, 0.2) is 11.2 Å². The van der Waals surface area contributed by atoms with Crippen LogP contribution in [0.1, 0.15) is 47.4 Å². The van der Waals surface area contributed by atoms with Gasteiger partial charge >= 0.3 is 0 Å². The van der Waals surface area contributed by atoms with E-state index in [9.17, 15) is 0 Å². The third-order valence-corrected chi connectivity index (χ3v) is 9.40. The number of aromatic nitrogens is 7. The molecule has 0 radical (unpaired) electrons. The number of nitrogens with two attached hydrogens (primary N) is 1. The lowest BCUT2D eigenvalue weighted by atomic mass is 9.92. The highest BCUT2D eigenvalue weighted by molar-refractivity contribution is 9.10. The molecule has 0 saturated carbocycles. The molecule has 0 aliphatic carbocycles. The summed E-state index contributed by atoms with van der Waals surface area (Å²) in [6.07, 6.45) is 8.27. The summed E-state index contributed by atoms with van der Waals surface area (Å²) in [5.41, 5.74) is 16.5. The number of benzene rings is 2. The molecule has 246 valence electrons. The zero-order valence-corrected chi connectivity index (χ0v) is 28.9. The van der Waals surface area contributed by atoms with Gasteiger partial charge in [0.05, 0.1) is 22.8 Å². The fraction of sp³-hybridized carbons (Fsp3) is 0.154. The maximum absolute atomic E-state index is 6.80. The number of halogens is 1. The molecule has 0 unspecified atom stereocenters. The number of para-hydroxylation sites is 2. The van der Waals surface area contributed by atoms with Gasteiger partial charge in [-0.05, 0) is 76.9 Å². The zero-order chi connectivity index (χ0) is 34.2. The number of hydrogen-bond acceptors (Lipinski definition) is 10. The SMILES string of the molecule is Cc1ccc(Br)nc1C[C@H](N)c1ncccc1-c1noc2c(-c3cnc([C@@H](C)Cc4ncccn4)c(-c4noc5ccccc45)c3)cccc12. The molecule has 0 amide bonds. The van der Waals surface area contributed by atoms with E-state index >= 15 is 0 Å². The van der Waals surface area contributed by atoms with Crippen LogP contribution in [0.2, 0.25) is 0 Å².